The standard InChI is InChI=1S/C57H49N4O.Pt/c1-38-29-55(58-36-50(38)40-19-12-9-13-20-40)61-51-24-15-14-23-48(51)49-27-26-47(35-53(49)61)62-46-22-16-21-44(34-46)59-37-60(45-32-42(56(2,3)4)31-43(33-45)57(5,6)7)54-30-41(25-28-52(54)59)39-17-10-8-11-18-39;/h8-33,36-37H,1-7H3;/q-3;/i1D3,9D,12D,13D,19D,20D;. The normalized spacial score (nSPS) is 14.8. The summed E-state index contributed by atoms with van der Waals surface area (Å²) < 4.78 is 75.8. The van der Waals surface area contributed by atoms with Gasteiger partial charge in [-0.2, -0.15) is 12.1 Å². The van der Waals surface area contributed by atoms with Crippen molar-refractivity contribution < 1.29 is 36.8 Å². The summed E-state index contributed by atoms with van der Waals surface area (Å²) in [5, 5.41) is 1.68. The predicted molar refractivity (Wildman–Crippen MR) is 257 cm³/mol. The zero-order valence-electron chi connectivity index (χ0n) is 43.8. The smallest absolute Gasteiger partial charge is 0.135 e. The molecule has 0 amide bonds. The van der Waals surface area contributed by atoms with E-state index in [-0.39, 0.29) is 54.4 Å². The number of rotatable bonds is 7. The Hall–Kier alpha value is -6.42. The molecule has 0 saturated carbocycles. The molecular formula is C57H49N4OPt-3. The molecular weight excluding hydrogens is 952 g/mol. The van der Waals surface area contributed by atoms with E-state index in [9.17, 15) is 0 Å². The molecule has 2 aromatic heterocycles. The first-order valence-corrected chi connectivity index (χ1v) is 20.7. The van der Waals surface area contributed by atoms with Gasteiger partial charge in [-0.3, -0.25) is 0 Å². The van der Waals surface area contributed by atoms with Crippen LogP contribution in [0, 0.1) is 25.7 Å². The number of hydrogen-bond donors (Lipinski definition) is 0. The Balaban J connectivity index is 0.00000624. The fourth-order valence-corrected chi connectivity index (χ4v) is 8.06. The van der Waals surface area contributed by atoms with E-state index in [1.807, 2.05) is 60.7 Å². The molecule has 3 heterocycles. The summed E-state index contributed by atoms with van der Waals surface area (Å²) in [4.78, 5) is 9.09. The summed E-state index contributed by atoms with van der Waals surface area (Å²) in [5.41, 5.74) is 9.12. The molecule has 63 heavy (non-hydrogen) atoms. The van der Waals surface area contributed by atoms with Crippen LogP contribution in [0.25, 0.3) is 49.9 Å². The topological polar surface area (TPSA) is 33.5 Å². The van der Waals surface area contributed by atoms with E-state index in [2.05, 4.69) is 131 Å². The minimum Gasteiger partial charge on any atom is -0.509 e. The fraction of sp³-hybridized carbons (Fsp3) is 0.158. The van der Waals surface area contributed by atoms with Gasteiger partial charge in [-0.15, -0.1) is 48.1 Å². The molecule has 0 aliphatic carbocycles. The van der Waals surface area contributed by atoms with E-state index in [4.69, 9.17) is 20.7 Å². The number of aromatic nitrogens is 2. The van der Waals surface area contributed by atoms with E-state index in [1.54, 1.807) is 4.57 Å². The van der Waals surface area contributed by atoms with Gasteiger partial charge in [-0.25, -0.2) is 4.98 Å². The van der Waals surface area contributed by atoms with Crippen LogP contribution < -0.4 is 14.5 Å². The third kappa shape index (κ3) is 7.96. The molecule has 7 aromatic carbocycles. The zero-order valence-corrected chi connectivity index (χ0v) is 38.1. The fourth-order valence-electron chi connectivity index (χ4n) is 8.06. The van der Waals surface area contributed by atoms with Crippen molar-refractivity contribution in [1.82, 2.24) is 9.55 Å². The second-order valence-corrected chi connectivity index (χ2v) is 17.7. The molecule has 0 radical (unpaired) electrons. The second kappa shape index (κ2) is 16.4. The minimum atomic E-state index is -2.74. The van der Waals surface area contributed by atoms with Crippen molar-refractivity contribution in [2.75, 3.05) is 9.80 Å². The van der Waals surface area contributed by atoms with E-state index in [0.717, 1.165) is 50.2 Å². The van der Waals surface area contributed by atoms with E-state index in [1.165, 1.54) is 23.4 Å². The largest absolute Gasteiger partial charge is 0.509 e. The van der Waals surface area contributed by atoms with Crippen molar-refractivity contribution in [3.05, 3.63) is 199 Å². The van der Waals surface area contributed by atoms with Crippen molar-refractivity contribution in [2.24, 2.45) is 0 Å². The number of para-hydroxylation sites is 1. The van der Waals surface area contributed by atoms with E-state index >= 15 is 0 Å². The van der Waals surface area contributed by atoms with Gasteiger partial charge in [0.05, 0.1) is 6.85 Å². The summed E-state index contributed by atoms with van der Waals surface area (Å²) in [6, 6.07) is 46.7. The molecule has 316 valence electrons. The van der Waals surface area contributed by atoms with Gasteiger partial charge in [0.1, 0.15) is 5.82 Å². The Morgan fingerprint density at radius 3 is 2.11 bits per heavy atom. The molecule has 0 fully saturated rings. The van der Waals surface area contributed by atoms with Crippen molar-refractivity contribution in [3.8, 4) is 39.6 Å². The summed E-state index contributed by atoms with van der Waals surface area (Å²) in [5.74, 6) is 1.06. The van der Waals surface area contributed by atoms with E-state index in [0.29, 0.717) is 17.0 Å². The first-order valence-electron chi connectivity index (χ1n) is 24.7. The molecule has 0 unspecified atom stereocenters. The van der Waals surface area contributed by atoms with Crippen molar-refractivity contribution >= 4 is 44.6 Å². The number of fused-ring (bicyclic) bond motifs is 4. The molecule has 0 atom stereocenters. The number of benzene rings is 7. The molecule has 0 spiro atoms. The van der Waals surface area contributed by atoms with Crippen LogP contribution in [0.3, 0.4) is 0 Å². The first-order chi connectivity index (χ1) is 33.2. The van der Waals surface area contributed by atoms with Crippen LogP contribution in [0.5, 0.6) is 11.5 Å². The van der Waals surface area contributed by atoms with Crippen LogP contribution in [-0.2, 0) is 31.9 Å². The van der Waals surface area contributed by atoms with Crippen LogP contribution in [0.4, 0.5) is 22.7 Å². The van der Waals surface area contributed by atoms with Gasteiger partial charge in [0.2, 0.25) is 0 Å². The molecule has 6 heteroatoms. The average molecular weight is 1010 g/mol. The number of nitrogens with zero attached hydrogens (tertiary/aromatic N) is 4. The van der Waals surface area contributed by atoms with Gasteiger partial charge in [0.15, 0.2) is 0 Å². The maximum absolute atomic E-state index is 8.61. The van der Waals surface area contributed by atoms with Crippen molar-refractivity contribution in [2.45, 2.75) is 59.2 Å². The Labute approximate surface area is 397 Å². The first kappa shape index (κ1) is 33.2. The zero-order chi connectivity index (χ0) is 49.6. The molecule has 5 nitrogen and oxygen atoms in total. The number of hydrogen-bond acceptors (Lipinski definition) is 4. The maximum atomic E-state index is 8.61. The molecule has 1 aliphatic rings. The van der Waals surface area contributed by atoms with Crippen LogP contribution in [-0.4, -0.2) is 9.55 Å². The van der Waals surface area contributed by atoms with Gasteiger partial charge in [-0.1, -0.05) is 138 Å². The van der Waals surface area contributed by atoms with Crippen LogP contribution >= 0.6 is 0 Å². The molecule has 10 rings (SSSR count). The van der Waals surface area contributed by atoms with Crippen LogP contribution in [0.1, 0.15) is 69.2 Å². The molecule has 9 aromatic rings. The van der Waals surface area contributed by atoms with Gasteiger partial charge in [0.25, 0.3) is 0 Å². The Kier molecular flexibility index (Phi) is 8.62. The van der Waals surface area contributed by atoms with Crippen LogP contribution in [0.2, 0.25) is 0 Å². The quantitative estimate of drug-likeness (QED) is 0.149. The monoisotopic (exact) mass is 1010 g/mol. The Morgan fingerprint density at radius 2 is 1.37 bits per heavy atom. The van der Waals surface area contributed by atoms with Crippen molar-refractivity contribution in [1.29, 1.82) is 0 Å². The third-order valence-electron chi connectivity index (χ3n) is 11.4. The molecule has 0 saturated heterocycles. The molecule has 0 N–H and O–H groups in total. The average Bonchev–Trinajstić information content (AvgIpc) is 3.88. The number of aryl methyl sites for hydroxylation is 1. The van der Waals surface area contributed by atoms with Crippen molar-refractivity contribution in [3.63, 3.8) is 0 Å². The van der Waals surface area contributed by atoms with Gasteiger partial charge in [0, 0.05) is 71.0 Å². The maximum Gasteiger partial charge on any atom is 0.135 e. The number of ether oxygens (including phenoxy) is 1. The minimum absolute atomic E-state index is 0. The number of anilines is 4. The number of pyridine rings is 1. The predicted octanol–water partition coefficient (Wildman–Crippen LogP) is 15.2. The van der Waals surface area contributed by atoms with Gasteiger partial charge >= 0.3 is 0 Å². The summed E-state index contributed by atoms with van der Waals surface area (Å²) in [7, 11) is 0. The Bertz CT molecular complexity index is 3480. The summed E-state index contributed by atoms with van der Waals surface area (Å²) in [6.07, 6.45) is 1.27. The summed E-state index contributed by atoms with van der Waals surface area (Å²) >= 11 is 0. The molecule has 0 bridgehead atoms. The summed E-state index contributed by atoms with van der Waals surface area (Å²) in [6.45, 7) is 12.8. The molecule has 1 aliphatic heterocycles. The Morgan fingerprint density at radius 1 is 0.635 bits per heavy atom. The van der Waals surface area contributed by atoms with Gasteiger partial charge in [-0.05, 0) is 92.8 Å². The third-order valence-corrected chi connectivity index (χ3v) is 11.4. The van der Waals surface area contributed by atoms with Crippen LogP contribution in [0.15, 0.2) is 164 Å². The van der Waals surface area contributed by atoms with E-state index < -0.39 is 37.1 Å². The van der Waals surface area contributed by atoms with Gasteiger partial charge < -0.3 is 19.1 Å². The SMILES string of the molecule is [2H]c1c([2H])c([2H])c(-c2cnc(-n3c4[c-]c(Oc5[c-]c(N6[CH-]N(c7cc(C(C)(C)C)cc(C(C)(C)C)c7)c7cc(-c8ccccc8)ccc76)ccc5)ccc4c4ccccc43)cc2C([2H])([2H])[2H])c([2H])c1[2H].[Pt]. The second-order valence-electron chi connectivity index (χ2n) is 17.7.